The van der Waals surface area contributed by atoms with E-state index in [1.54, 1.807) is 18.2 Å². The molecule has 2 aromatic carbocycles. The van der Waals surface area contributed by atoms with Gasteiger partial charge in [0.15, 0.2) is 14.6 Å². The molecule has 1 aromatic heterocycles. The summed E-state index contributed by atoms with van der Waals surface area (Å²) in [5.41, 5.74) is 0.969. The molecule has 25 heavy (non-hydrogen) atoms. The van der Waals surface area contributed by atoms with Gasteiger partial charge in [-0.15, -0.1) is 0 Å². The van der Waals surface area contributed by atoms with Gasteiger partial charge < -0.3 is 4.57 Å². The first-order valence-electron chi connectivity index (χ1n) is 7.47. The molecule has 3 aromatic rings. The number of amides is 1. The highest BCUT2D eigenvalue weighted by atomic mass is 79.9. The minimum atomic E-state index is -3.48. The Bertz CT molecular complexity index is 1100. The monoisotopic (exact) mass is 438 g/mol. The highest BCUT2D eigenvalue weighted by Gasteiger charge is 2.16. The molecule has 0 spiro atoms. The maximum atomic E-state index is 12.2. The van der Waals surface area contributed by atoms with Gasteiger partial charge in [-0.05, 0) is 30.3 Å². The fourth-order valence-corrected chi connectivity index (χ4v) is 5.18. The maximum absolute atomic E-state index is 12.2. The van der Waals surface area contributed by atoms with Crippen LogP contribution in [0.4, 0.5) is 0 Å². The van der Waals surface area contributed by atoms with Crippen molar-refractivity contribution in [1.29, 1.82) is 0 Å². The standard InChI is InChI=1S/C17H15BrN2O3S2/c1-20-14-8-7-12(18)11-15(14)24-17(20)19-16(21)9-10-25(22,23)13-5-3-2-4-6-13/h2-8,11H,9-10H2,1H3. The van der Waals surface area contributed by atoms with Crippen LogP contribution in [0.25, 0.3) is 10.2 Å². The predicted octanol–water partition coefficient (Wildman–Crippen LogP) is 3.29. The first-order chi connectivity index (χ1) is 11.9. The number of hydrogen-bond acceptors (Lipinski definition) is 4. The third-order valence-corrected chi connectivity index (χ3v) is 7.00. The van der Waals surface area contributed by atoms with E-state index in [1.807, 2.05) is 29.8 Å². The molecule has 0 aliphatic carbocycles. The third kappa shape index (κ3) is 4.08. The van der Waals surface area contributed by atoms with Gasteiger partial charge in [-0.1, -0.05) is 45.5 Å². The van der Waals surface area contributed by atoms with Crippen LogP contribution in [0, 0.1) is 0 Å². The van der Waals surface area contributed by atoms with Gasteiger partial charge in [0.2, 0.25) is 5.91 Å². The first-order valence-corrected chi connectivity index (χ1v) is 10.7. The minimum absolute atomic E-state index is 0.144. The highest BCUT2D eigenvalue weighted by molar-refractivity contribution is 9.10. The normalized spacial score (nSPS) is 12.6. The number of halogens is 1. The number of sulfone groups is 1. The Morgan fingerprint density at radius 3 is 2.64 bits per heavy atom. The van der Waals surface area contributed by atoms with Crippen molar-refractivity contribution in [2.45, 2.75) is 11.3 Å². The number of nitrogens with zero attached hydrogens (tertiary/aromatic N) is 2. The average Bonchev–Trinajstić information content (AvgIpc) is 2.89. The highest BCUT2D eigenvalue weighted by Crippen LogP contribution is 2.21. The largest absolute Gasteiger partial charge is 0.319 e. The molecular weight excluding hydrogens is 424 g/mol. The molecule has 8 heteroatoms. The second kappa shape index (κ2) is 7.23. The zero-order chi connectivity index (χ0) is 18.0. The van der Waals surface area contributed by atoms with E-state index < -0.39 is 15.7 Å². The Kier molecular flexibility index (Phi) is 5.21. The third-order valence-electron chi connectivity index (χ3n) is 3.68. The van der Waals surface area contributed by atoms with Gasteiger partial charge in [0.25, 0.3) is 0 Å². The van der Waals surface area contributed by atoms with Crippen LogP contribution in [0.3, 0.4) is 0 Å². The predicted molar refractivity (Wildman–Crippen MR) is 102 cm³/mol. The summed E-state index contributed by atoms with van der Waals surface area (Å²) < 4.78 is 28.2. The van der Waals surface area contributed by atoms with E-state index in [0.29, 0.717) is 4.80 Å². The Morgan fingerprint density at radius 1 is 1.20 bits per heavy atom. The van der Waals surface area contributed by atoms with Crippen LogP contribution in [-0.2, 0) is 21.7 Å². The second-order valence-corrected chi connectivity index (χ2v) is 9.48. The van der Waals surface area contributed by atoms with E-state index in [-0.39, 0.29) is 17.1 Å². The number of aryl methyl sites for hydroxylation is 1. The van der Waals surface area contributed by atoms with Crippen molar-refractivity contribution in [2.24, 2.45) is 12.0 Å². The molecule has 1 amide bonds. The molecule has 1 heterocycles. The molecule has 3 rings (SSSR count). The summed E-state index contributed by atoms with van der Waals surface area (Å²) >= 11 is 4.81. The van der Waals surface area contributed by atoms with Crippen molar-refractivity contribution in [3.63, 3.8) is 0 Å². The number of carbonyl (C=O) groups is 1. The van der Waals surface area contributed by atoms with Crippen molar-refractivity contribution in [3.05, 3.63) is 57.8 Å². The number of fused-ring (bicyclic) bond motifs is 1. The summed E-state index contributed by atoms with van der Waals surface area (Å²) in [6, 6.07) is 14.0. The Hall–Kier alpha value is -1.77. The molecule has 0 saturated heterocycles. The number of carbonyl (C=O) groups excluding carboxylic acids is 1. The molecule has 130 valence electrons. The van der Waals surface area contributed by atoms with Crippen LogP contribution in [0.15, 0.2) is 62.9 Å². The number of thiazole rings is 1. The fraction of sp³-hybridized carbons (Fsp3) is 0.176. The van der Waals surface area contributed by atoms with Crippen molar-refractivity contribution in [2.75, 3.05) is 5.75 Å². The molecule has 5 nitrogen and oxygen atoms in total. The molecular formula is C17H15BrN2O3S2. The van der Waals surface area contributed by atoms with Gasteiger partial charge in [0.1, 0.15) is 0 Å². The van der Waals surface area contributed by atoms with Crippen molar-refractivity contribution in [1.82, 2.24) is 4.57 Å². The lowest BCUT2D eigenvalue weighted by Gasteiger charge is -2.02. The Balaban J connectivity index is 1.81. The molecule has 0 saturated carbocycles. The van der Waals surface area contributed by atoms with E-state index in [9.17, 15) is 13.2 Å². The molecule has 0 bridgehead atoms. The number of benzene rings is 2. The summed E-state index contributed by atoms with van der Waals surface area (Å²) in [7, 11) is -1.65. The van der Waals surface area contributed by atoms with Gasteiger partial charge >= 0.3 is 0 Å². The van der Waals surface area contributed by atoms with Crippen molar-refractivity contribution < 1.29 is 13.2 Å². The second-order valence-electron chi connectivity index (χ2n) is 5.44. The first kappa shape index (κ1) is 18.0. The zero-order valence-electron chi connectivity index (χ0n) is 13.3. The van der Waals surface area contributed by atoms with Gasteiger partial charge in [-0.2, -0.15) is 4.99 Å². The van der Waals surface area contributed by atoms with Crippen molar-refractivity contribution in [3.8, 4) is 0 Å². The van der Waals surface area contributed by atoms with E-state index in [4.69, 9.17) is 0 Å². The van der Waals surface area contributed by atoms with Crippen LogP contribution in [0.1, 0.15) is 6.42 Å². The van der Waals surface area contributed by atoms with E-state index in [0.717, 1.165) is 14.7 Å². The number of rotatable bonds is 4. The van der Waals surface area contributed by atoms with Gasteiger partial charge in [-0.25, -0.2) is 8.42 Å². The number of aromatic nitrogens is 1. The van der Waals surface area contributed by atoms with Crippen LogP contribution in [0.5, 0.6) is 0 Å². The summed E-state index contributed by atoms with van der Waals surface area (Å²) in [5.74, 6) is -0.694. The Morgan fingerprint density at radius 2 is 1.92 bits per heavy atom. The quantitative estimate of drug-likeness (QED) is 0.627. The molecule has 0 N–H and O–H groups in total. The summed E-state index contributed by atoms with van der Waals surface area (Å²) in [5, 5.41) is 0. The lowest BCUT2D eigenvalue weighted by molar-refractivity contribution is -0.117. The van der Waals surface area contributed by atoms with Gasteiger partial charge in [-0.3, -0.25) is 4.79 Å². The fourth-order valence-electron chi connectivity index (χ4n) is 2.34. The van der Waals surface area contributed by atoms with Gasteiger partial charge in [0.05, 0.1) is 20.9 Å². The van der Waals surface area contributed by atoms with Crippen LogP contribution in [0.2, 0.25) is 0 Å². The number of hydrogen-bond donors (Lipinski definition) is 0. The summed E-state index contributed by atoms with van der Waals surface area (Å²) in [6.45, 7) is 0. The lowest BCUT2D eigenvalue weighted by Crippen LogP contribution is -2.15. The SMILES string of the molecule is Cn1c(=NC(=O)CCS(=O)(=O)c2ccccc2)sc2cc(Br)ccc21. The molecule has 0 aliphatic rings. The van der Waals surface area contributed by atoms with Crippen LogP contribution in [-0.4, -0.2) is 24.6 Å². The maximum Gasteiger partial charge on any atom is 0.249 e. The molecule has 0 radical (unpaired) electrons. The minimum Gasteiger partial charge on any atom is -0.319 e. The van der Waals surface area contributed by atoms with Gasteiger partial charge in [0, 0.05) is 17.9 Å². The smallest absolute Gasteiger partial charge is 0.249 e. The molecule has 0 fully saturated rings. The Labute approximate surface area is 157 Å². The van der Waals surface area contributed by atoms with E-state index >= 15 is 0 Å². The topological polar surface area (TPSA) is 68.5 Å². The zero-order valence-corrected chi connectivity index (χ0v) is 16.6. The van der Waals surface area contributed by atoms with Crippen LogP contribution < -0.4 is 4.80 Å². The average molecular weight is 439 g/mol. The molecule has 0 unspecified atom stereocenters. The molecule has 0 aliphatic heterocycles. The van der Waals surface area contributed by atoms with Crippen molar-refractivity contribution >= 4 is 53.2 Å². The lowest BCUT2D eigenvalue weighted by atomic mass is 10.3. The van der Waals surface area contributed by atoms with Crippen LogP contribution >= 0.6 is 27.3 Å². The summed E-state index contributed by atoms with van der Waals surface area (Å²) in [6.07, 6.45) is -0.144. The molecule has 0 atom stereocenters. The van der Waals surface area contributed by atoms with E-state index in [2.05, 4.69) is 20.9 Å². The summed E-state index contributed by atoms with van der Waals surface area (Å²) in [4.78, 5) is 17.0. The van der Waals surface area contributed by atoms with E-state index in [1.165, 1.54) is 23.5 Å².